The highest BCUT2D eigenvalue weighted by molar-refractivity contribution is 6.10. The molecule has 0 atom stereocenters. The molecule has 0 saturated heterocycles. The average molecular weight is 241 g/mol. The second-order valence-corrected chi connectivity index (χ2v) is 5.69. The third kappa shape index (κ3) is 1.67. The topological polar surface area (TPSA) is 22.0 Å². The maximum absolute atomic E-state index is 12.3. The molecule has 1 heterocycles. The van der Waals surface area contributed by atoms with Gasteiger partial charge >= 0.3 is 0 Å². The highest BCUT2D eigenvalue weighted by atomic mass is 16.1. The van der Waals surface area contributed by atoms with Crippen LogP contribution in [0.2, 0.25) is 0 Å². The first-order valence-corrected chi connectivity index (χ1v) is 6.71. The van der Waals surface area contributed by atoms with Crippen molar-refractivity contribution in [3.63, 3.8) is 0 Å². The molecule has 1 aromatic heterocycles. The monoisotopic (exact) mass is 241 g/mol. The summed E-state index contributed by atoms with van der Waals surface area (Å²) in [5.41, 5.74) is 3.46. The Kier molecular flexibility index (Phi) is 2.54. The van der Waals surface area contributed by atoms with Gasteiger partial charge in [-0.05, 0) is 24.3 Å². The molecule has 0 aliphatic heterocycles. The van der Waals surface area contributed by atoms with E-state index >= 15 is 0 Å². The van der Waals surface area contributed by atoms with Crippen molar-refractivity contribution in [1.82, 2.24) is 4.57 Å². The van der Waals surface area contributed by atoms with Crippen LogP contribution in [-0.2, 0) is 7.05 Å². The van der Waals surface area contributed by atoms with Crippen molar-refractivity contribution in [2.75, 3.05) is 0 Å². The summed E-state index contributed by atoms with van der Waals surface area (Å²) in [6.07, 6.45) is 4.15. The van der Waals surface area contributed by atoms with E-state index in [0.717, 1.165) is 23.8 Å². The number of carbonyl (C=O) groups is 1. The molecule has 0 unspecified atom stereocenters. The zero-order valence-corrected chi connectivity index (χ0v) is 11.2. The van der Waals surface area contributed by atoms with Crippen LogP contribution >= 0.6 is 0 Å². The minimum atomic E-state index is 0.290. The molecule has 1 aromatic carbocycles. The number of fused-ring (bicyclic) bond motifs is 1. The lowest BCUT2D eigenvalue weighted by atomic mass is 9.98. The Morgan fingerprint density at radius 3 is 2.67 bits per heavy atom. The van der Waals surface area contributed by atoms with Crippen LogP contribution in [0.15, 0.2) is 24.4 Å². The number of para-hydroxylation sites is 1. The van der Waals surface area contributed by atoms with Crippen LogP contribution in [-0.4, -0.2) is 10.4 Å². The minimum Gasteiger partial charge on any atom is -0.350 e. The van der Waals surface area contributed by atoms with Crippen LogP contribution in [0.3, 0.4) is 0 Å². The molecule has 1 aliphatic rings. The molecule has 2 aromatic rings. The fourth-order valence-corrected chi connectivity index (χ4v) is 2.73. The van der Waals surface area contributed by atoms with Crippen LogP contribution < -0.4 is 0 Å². The predicted molar refractivity (Wildman–Crippen MR) is 74.1 cm³/mol. The smallest absolute Gasteiger partial charge is 0.168 e. The maximum atomic E-state index is 12.3. The Morgan fingerprint density at radius 2 is 2.06 bits per heavy atom. The van der Waals surface area contributed by atoms with E-state index in [4.69, 9.17) is 0 Å². The van der Waals surface area contributed by atoms with Gasteiger partial charge in [0.05, 0.1) is 5.52 Å². The van der Waals surface area contributed by atoms with Crippen LogP contribution in [0, 0.1) is 5.92 Å². The summed E-state index contributed by atoms with van der Waals surface area (Å²) < 4.78 is 2.11. The summed E-state index contributed by atoms with van der Waals surface area (Å²) in [5.74, 6) is 1.10. The summed E-state index contributed by atoms with van der Waals surface area (Å²) in [4.78, 5) is 12.3. The lowest BCUT2D eigenvalue weighted by Gasteiger charge is -2.09. The summed E-state index contributed by atoms with van der Waals surface area (Å²) in [6, 6.07) is 6.32. The van der Waals surface area contributed by atoms with Gasteiger partial charge in [0.2, 0.25) is 0 Å². The van der Waals surface area contributed by atoms with Crippen molar-refractivity contribution in [2.24, 2.45) is 13.0 Å². The number of rotatable bonds is 3. The molecular formula is C16H19NO. The Bertz CT molecular complexity index is 617. The molecule has 1 aliphatic carbocycles. The van der Waals surface area contributed by atoms with Crippen LogP contribution in [0.5, 0.6) is 0 Å². The number of hydrogen-bond acceptors (Lipinski definition) is 1. The van der Waals surface area contributed by atoms with Crippen LogP contribution in [0.25, 0.3) is 10.9 Å². The van der Waals surface area contributed by atoms with E-state index in [9.17, 15) is 4.79 Å². The van der Waals surface area contributed by atoms with Gasteiger partial charge in [-0.2, -0.15) is 0 Å². The number of nitrogens with zero attached hydrogens (tertiary/aromatic N) is 1. The van der Waals surface area contributed by atoms with Gasteiger partial charge in [0.1, 0.15) is 0 Å². The molecule has 0 N–H and O–H groups in total. The molecule has 1 saturated carbocycles. The number of ketones is 1. The lowest BCUT2D eigenvalue weighted by molar-refractivity contribution is 0.0969. The van der Waals surface area contributed by atoms with Crippen LogP contribution in [0.4, 0.5) is 0 Å². The summed E-state index contributed by atoms with van der Waals surface area (Å²) in [7, 11) is 2.04. The molecule has 0 radical (unpaired) electrons. The second kappa shape index (κ2) is 3.98. The minimum absolute atomic E-state index is 0.290. The number of aromatic nitrogens is 1. The first kappa shape index (κ1) is 11.5. The van der Waals surface area contributed by atoms with Gasteiger partial charge in [-0.3, -0.25) is 4.79 Å². The van der Waals surface area contributed by atoms with E-state index in [0.29, 0.717) is 17.6 Å². The molecule has 2 nitrogen and oxygen atoms in total. The van der Waals surface area contributed by atoms with E-state index in [-0.39, 0.29) is 0 Å². The molecule has 1 fully saturated rings. The largest absolute Gasteiger partial charge is 0.350 e. The van der Waals surface area contributed by atoms with Gasteiger partial charge in [-0.1, -0.05) is 32.0 Å². The Labute approximate surface area is 108 Å². The number of hydrogen-bond donors (Lipinski definition) is 0. The molecule has 0 spiro atoms. The Morgan fingerprint density at radius 1 is 1.33 bits per heavy atom. The van der Waals surface area contributed by atoms with Crippen molar-refractivity contribution >= 4 is 16.7 Å². The zero-order chi connectivity index (χ0) is 12.9. The van der Waals surface area contributed by atoms with E-state index < -0.39 is 0 Å². The van der Waals surface area contributed by atoms with E-state index in [2.05, 4.69) is 36.6 Å². The van der Waals surface area contributed by atoms with Crippen molar-refractivity contribution < 1.29 is 4.79 Å². The first-order valence-electron chi connectivity index (χ1n) is 6.71. The predicted octanol–water partition coefficient (Wildman–Crippen LogP) is 3.89. The van der Waals surface area contributed by atoms with Gasteiger partial charge in [0.15, 0.2) is 5.78 Å². The summed E-state index contributed by atoms with van der Waals surface area (Å²) in [6.45, 7) is 4.40. The van der Waals surface area contributed by atoms with Crippen molar-refractivity contribution in [3.05, 3.63) is 35.5 Å². The summed E-state index contributed by atoms with van der Waals surface area (Å²) >= 11 is 0. The van der Waals surface area contributed by atoms with Crippen LogP contribution in [0.1, 0.15) is 48.5 Å². The number of Topliss-reactive ketones (excluding diaryl/α,β-unsaturated/α-hetero) is 1. The number of aryl methyl sites for hydroxylation is 1. The van der Waals surface area contributed by atoms with Gasteiger partial charge < -0.3 is 4.57 Å². The number of benzene rings is 1. The van der Waals surface area contributed by atoms with E-state index in [1.54, 1.807) is 0 Å². The van der Waals surface area contributed by atoms with E-state index in [1.807, 2.05) is 13.2 Å². The van der Waals surface area contributed by atoms with Gasteiger partial charge in [0.25, 0.3) is 0 Å². The van der Waals surface area contributed by atoms with E-state index in [1.165, 1.54) is 11.1 Å². The standard InChI is InChI=1S/C16H19NO/c1-10(2)12-5-4-6-13-14(9-17(3)15(12)13)16(18)11-7-8-11/h4-6,9-11H,7-8H2,1-3H3. The normalized spacial score (nSPS) is 15.6. The second-order valence-electron chi connectivity index (χ2n) is 5.69. The van der Waals surface area contributed by atoms with Crippen molar-refractivity contribution in [2.45, 2.75) is 32.6 Å². The quantitative estimate of drug-likeness (QED) is 0.747. The third-order valence-corrected chi connectivity index (χ3v) is 3.87. The summed E-state index contributed by atoms with van der Waals surface area (Å²) in [5, 5.41) is 1.13. The number of carbonyl (C=O) groups excluding carboxylic acids is 1. The van der Waals surface area contributed by atoms with Gasteiger partial charge in [-0.15, -0.1) is 0 Å². The third-order valence-electron chi connectivity index (χ3n) is 3.87. The molecule has 0 bridgehead atoms. The van der Waals surface area contributed by atoms with Crippen molar-refractivity contribution in [3.8, 4) is 0 Å². The molecular weight excluding hydrogens is 222 g/mol. The Balaban J connectivity index is 2.23. The highest BCUT2D eigenvalue weighted by Gasteiger charge is 2.32. The fraction of sp³-hybridized carbons (Fsp3) is 0.438. The van der Waals surface area contributed by atoms with Gasteiger partial charge in [0, 0.05) is 30.1 Å². The van der Waals surface area contributed by atoms with Crippen molar-refractivity contribution in [1.29, 1.82) is 0 Å². The van der Waals surface area contributed by atoms with Gasteiger partial charge in [-0.25, -0.2) is 0 Å². The molecule has 3 rings (SSSR count). The zero-order valence-electron chi connectivity index (χ0n) is 11.2. The molecule has 2 heteroatoms. The molecule has 18 heavy (non-hydrogen) atoms. The lowest BCUT2D eigenvalue weighted by Crippen LogP contribution is -1.99. The molecule has 0 amide bonds. The Hall–Kier alpha value is -1.57. The molecule has 94 valence electrons. The maximum Gasteiger partial charge on any atom is 0.168 e. The first-order chi connectivity index (χ1) is 8.59. The fourth-order valence-electron chi connectivity index (χ4n) is 2.73. The SMILES string of the molecule is CC(C)c1cccc2c(C(=O)C3CC3)cn(C)c12. The highest BCUT2D eigenvalue weighted by Crippen LogP contribution is 2.36. The average Bonchev–Trinajstić information content (AvgIpc) is 3.13.